The first kappa shape index (κ1) is 15.0. The minimum atomic E-state index is -0.935. The van der Waals surface area contributed by atoms with Gasteiger partial charge in [-0.1, -0.05) is 12.1 Å². The number of rotatable bonds is 4. The Labute approximate surface area is 122 Å². The molecule has 0 saturated carbocycles. The Hall–Kier alpha value is -2.39. The third kappa shape index (κ3) is 4.04. The molecule has 6 heteroatoms. The summed E-state index contributed by atoms with van der Waals surface area (Å²) in [4.78, 5) is 24.7. The molecule has 1 N–H and O–H groups in total. The van der Waals surface area contributed by atoms with Gasteiger partial charge in [-0.2, -0.15) is 5.26 Å². The summed E-state index contributed by atoms with van der Waals surface area (Å²) in [6.07, 6.45) is -0.254. The van der Waals surface area contributed by atoms with E-state index in [0.717, 1.165) is 5.56 Å². The molecular formula is C15H16N2O4. The van der Waals surface area contributed by atoms with Gasteiger partial charge in [-0.25, -0.2) is 0 Å². The second kappa shape index (κ2) is 6.86. The number of aliphatic carboxylic acids is 1. The number of nitriles is 1. The molecule has 1 aliphatic heterocycles. The van der Waals surface area contributed by atoms with Gasteiger partial charge in [-0.3, -0.25) is 9.59 Å². The van der Waals surface area contributed by atoms with Gasteiger partial charge in [-0.15, -0.1) is 0 Å². The quantitative estimate of drug-likeness (QED) is 0.894. The van der Waals surface area contributed by atoms with E-state index in [1.165, 1.54) is 0 Å². The molecule has 1 aromatic rings. The predicted octanol–water partition coefficient (Wildman–Crippen LogP) is 1.07. The average Bonchev–Trinajstić information content (AvgIpc) is 2.47. The Morgan fingerprint density at radius 1 is 1.38 bits per heavy atom. The van der Waals surface area contributed by atoms with E-state index in [2.05, 4.69) is 6.07 Å². The first-order valence-corrected chi connectivity index (χ1v) is 6.68. The fraction of sp³-hybridized carbons (Fsp3) is 0.400. The van der Waals surface area contributed by atoms with E-state index >= 15 is 0 Å². The summed E-state index contributed by atoms with van der Waals surface area (Å²) in [7, 11) is 0. The van der Waals surface area contributed by atoms with Crippen molar-refractivity contribution >= 4 is 11.9 Å². The molecule has 0 spiro atoms. The van der Waals surface area contributed by atoms with Crippen molar-refractivity contribution in [1.82, 2.24) is 4.90 Å². The van der Waals surface area contributed by atoms with Crippen LogP contribution in [0.25, 0.3) is 0 Å². The maximum absolute atomic E-state index is 12.4. The van der Waals surface area contributed by atoms with Gasteiger partial charge in [0.2, 0.25) is 0 Å². The van der Waals surface area contributed by atoms with Crippen molar-refractivity contribution in [2.75, 3.05) is 19.7 Å². The number of nitrogens with zero attached hydrogens (tertiary/aromatic N) is 2. The van der Waals surface area contributed by atoms with Crippen LogP contribution in [0.5, 0.6) is 0 Å². The Morgan fingerprint density at radius 2 is 2.10 bits per heavy atom. The highest BCUT2D eigenvalue weighted by Gasteiger charge is 2.26. The molecule has 1 fully saturated rings. The molecule has 1 amide bonds. The van der Waals surface area contributed by atoms with Crippen LogP contribution < -0.4 is 0 Å². The number of amides is 1. The first-order chi connectivity index (χ1) is 10.1. The lowest BCUT2D eigenvalue weighted by atomic mass is 10.1. The third-order valence-corrected chi connectivity index (χ3v) is 3.31. The fourth-order valence-corrected chi connectivity index (χ4v) is 2.26. The van der Waals surface area contributed by atoms with E-state index in [1.807, 2.05) is 0 Å². The highest BCUT2D eigenvalue weighted by Crippen LogP contribution is 2.13. The van der Waals surface area contributed by atoms with Crippen molar-refractivity contribution in [2.24, 2.45) is 0 Å². The van der Waals surface area contributed by atoms with E-state index in [-0.39, 0.29) is 18.9 Å². The normalized spacial score (nSPS) is 18.0. The number of carboxylic acid groups (broad SMARTS) is 1. The zero-order chi connectivity index (χ0) is 15.2. The smallest absolute Gasteiger partial charge is 0.306 e. The van der Waals surface area contributed by atoms with Crippen molar-refractivity contribution < 1.29 is 19.4 Å². The van der Waals surface area contributed by atoms with Crippen molar-refractivity contribution in [2.45, 2.75) is 18.9 Å². The minimum absolute atomic E-state index is 0.106. The fourth-order valence-electron chi connectivity index (χ4n) is 2.26. The Bertz CT molecular complexity index is 562. The van der Waals surface area contributed by atoms with Crippen LogP contribution in [0.2, 0.25) is 0 Å². The van der Waals surface area contributed by atoms with Crippen LogP contribution >= 0.6 is 0 Å². The maximum Gasteiger partial charge on any atom is 0.306 e. The van der Waals surface area contributed by atoms with Crippen LogP contribution in [0.1, 0.15) is 22.3 Å². The maximum atomic E-state index is 12.4. The molecule has 0 aromatic heterocycles. The largest absolute Gasteiger partial charge is 0.481 e. The van der Waals surface area contributed by atoms with E-state index < -0.39 is 12.1 Å². The zero-order valence-corrected chi connectivity index (χ0v) is 11.5. The SMILES string of the molecule is N#CCc1ccc(C(=O)N2CCOC(CC(=O)O)C2)cc1. The molecule has 2 rings (SSSR count). The molecule has 1 heterocycles. The summed E-state index contributed by atoms with van der Waals surface area (Å²) in [6.45, 7) is 1.08. The number of carboxylic acids is 1. The summed E-state index contributed by atoms with van der Waals surface area (Å²) in [5.41, 5.74) is 1.40. The molecule has 6 nitrogen and oxygen atoms in total. The molecule has 1 saturated heterocycles. The number of ether oxygens (including phenoxy) is 1. The lowest BCUT2D eigenvalue weighted by Crippen LogP contribution is -2.46. The summed E-state index contributed by atoms with van der Waals surface area (Å²) in [6, 6.07) is 8.95. The summed E-state index contributed by atoms with van der Waals surface area (Å²) in [5.74, 6) is -1.08. The Morgan fingerprint density at radius 3 is 2.71 bits per heavy atom. The van der Waals surface area contributed by atoms with Gasteiger partial charge in [0, 0.05) is 18.7 Å². The number of morpholine rings is 1. The molecule has 21 heavy (non-hydrogen) atoms. The Kier molecular flexibility index (Phi) is 4.90. The third-order valence-electron chi connectivity index (χ3n) is 3.31. The van der Waals surface area contributed by atoms with Crippen molar-refractivity contribution in [3.63, 3.8) is 0 Å². The van der Waals surface area contributed by atoms with Gasteiger partial charge in [0.25, 0.3) is 5.91 Å². The molecule has 1 aliphatic rings. The number of hydrogen-bond donors (Lipinski definition) is 1. The molecule has 1 atom stereocenters. The number of hydrogen-bond acceptors (Lipinski definition) is 4. The molecular weight excluding hydrogens is 272 g/mol. The van der Waals surface area contributed by atoms with Crippen LogP contribution in [0.4, 0.5) is 0 Å². The van der Waals surface area contributed by atoms with Crippen LogP contribution in [0.15, 0.2) is 24.3 Å². The van der Waals surface area contributed by atoms with Gasteiger partial charge < -0.3 is 14.7 Å². The van der Waals surface area contributed by atoms with Crippen molar-refractivity contribution in [1.29, 1.82) is 5.26 Å². The summed E-state index contributed by atoms with van der Waals surface area (Å²) in [5, 5.41) is 17.4. The van der Waals surface area contributed by atoms with Crippen LogP contribution in [-0.4, -0.2) is 47.7 Å². The lowest BCUT2D eigenvalue weighted by molar-refractivity contribution is -0.141. The molecule has 1 unspecified atom stereocenters. The van der Waals surface area contributed by atoms with Gasteiger partial charge in [0.05, 0.1) is 31.6 Å². The zero-order valence-electron chi connectivity index (χ0n) is 11.5. The van der Waals surface area contributed by atoms with E-state index in [9.17, 15) is 9.59 Å². The summed E-state index contributed by atoms with van der Waals surface area (Å²) < 4.78 is 5.35. The van der Waals surface area contributed by atoms with Gasteiger partial charge in [0.15, 0.2) is 0 Å². The topological polar surface area (TPSA) is 90.6 Å². The number of carbonyl (C=O) groups excluding carboxylic acids is 1. The second-order valence-corrected chi connectivity index (χ2v) is 4.87. The van der Waals surface area contributed by atoms with Crippen LogP contribution in [-0.2, 0) is 16.0 Å². The molecule has 0 aliphatic carbocycles. The molecule has 110 valence electrons. The predicted molar refractivity (Wildman–Crippen MR) is 73.7 cm³/mol. The number of carbonyl (C=O) groups is 2. The standard InChI is InChI=1S/C15H16N2O4/c16-6-5-11-1-3-12(4-2-11)15(20)17-7-8-21-13(10-17)9-14(18)19/h1-4,13H,5,7-10H2,(H,18,19). The second-order valence-electron chi connectivity index (χ2n) is 4.87. The molecule has 0 radical (unpaired) electrons. The first-order valence-electron chi connectivity index (χ1n) is 6.68. The van der Waals surface area contributed by atoms with E-state index in [1.54, 1.807) is 29.2 Å². The van der Waals surface area contributed by atoms with Gasteiger partial charge in [0.1, 0.15) is 0 Å². The van der Waals surface area contributed by atoms with Crippen molar-refractivity contribution in [3.05, 3.63) is 35.4 Å². The molecule has 0 bridgehead atoms. The van der Waals surface area contributed by atoms with Crippen molar-refractivity contribution in [3.8, 4) is 6.07 Å². The van der Waals surface area contributed by atoms with Gasteiger partial charge in [-0.05, 0) is 17.7 Å². The summed E-state index contributed by atoms with van der Waals surface area (Å²) >= 11 is 0. The average molecular weight is 288 g/mol. The highest BCUT2D eigenvalue weighted by atomic mass is 16.5. The van der Waals surface area contributed by atoms with Crippen LogP contribution in [0.3, 0.4) is 0 Å². The monoisotopic (exact) mass is 288 g/mol. The Balaban J connectivity index is 2.01. The highest BCUT2D eigenvalue weighted by molar-refractivity contribution is 5.94. The van der Waals surface area contributed by atoms with Gasteiger partial charge >= 0.3 is 5.97 Å². The minimum Gasteiger partial charge on any atom is -0.481 e. The lowest BCUT2D eigenvalue weighted by Gasteiger charge is -2.32. The van der Waals surface area contributed by atoms with Crippen LogP contribution in [0, 0.1) is 11.3 Å². The van der Waals surface area contributed by atoms with E-state index in [4.69, 9.17) is 15.1 Å². The number of benzene rings is 1. The molecule has 1 aromatic carbocycles. The van der Waals surface area contributed by atoms with E-state index in [0.29, 0.717) is 25.1 Å².